The SMILES string of the molecule is c1ccc(-c2ccc(N(c3cccc(-c4cccc5c6c7ccccc7oc6n(-c6ccccc6)c45)c3)c3cccc4c3sc3ccccc34)cc2)cc1. The summed E-state index contributed by atoms with van der Waals surface area (Å²) in [6, 6.07) is 69.6. The zero-order chi connectivity index (χ0) is 35.6. The number of rotatable bonds is 6. The number of hydrogen-bond acceptors (Lipinski definition) is 3. The number of furan rings is 1. The maximum Gasteiger partial charge on any atom is 0.213 e. The molecular weight excluding hydrogens is 677 g/mol. The molecule has 11 rings (SSSR count). The molecule has 0 amide bonds. The monoisotopic (exact) mass is 708 g/mol. The van der Waals surface area contributed by atoms with Crippen molar-refractivity contribution in [3.63, 3.8) is 0 Å². The maximum atomic E-state index is 6.65. The summed E-state index contributed by atoms with van der Waals surface area (Å²) in [5.74, 6) is 0. The second-order valence-electron chi connectivity index (χ2n) is 13.7. The van der Waals surface area contributed by atoms with Gasteiger partial charge in [0.1, 0.15) is 5.58 Å². The molecule has 0 aliphatic rings. The van der Waals surface area contributed by atoms with Crippen LogP contribution in [0.5, 0.6) is 0 Å². The molecule has 0 atom stereocenters. The number of benzene rings is 8. The van der Waals surface area contributed by atoms with Gasteiger partial charge in [0, 0.05) is 48.9 Å². The van der Waals surface area contributed by atoms with E-state index in [9.17, 15) is 0 Å². The number of para-hydroxylation sites is 3. The molecule has 0 aliphatic heterocycles. The highest BCUT2D eigenvalue weighted by Crippen LogP contribution is 2.47. The molecule has 0 unspecified atom stereocenters. The first kappa shape index (κ1) is 30.7. The van der Waals surface area contributed by atoms with Crippen LogP contribution in [0, 0.1) is 0 Å². The van der Waals surface area contributed by atoms with Crippen LogP contribution in [-0.2, 0) is 0 Å². The van der Waals surface area contributed by atoms with E-state index in [0.717, 1.165) is 61.5 Å². The Morgan fingerprint density at radius 1 is 0.463 bits per heavy atom. The molecule has 0 saturated carbocycles. The fourth-order valence-corrected chi connectivity index (χ4v) is 9.38. The van der Waals surface area contributed by atoms with Gasteiger partial charge in [0.25, 0.3) is 0 Å². The summed E-state index contributed by atoms with van der Waals surface area (Å²) in [5.41, 5.74) is 12.0. The summed E-state index contributed by atoms with van der Waals surface area (Å²) in [6.45, 7) is 0. The van der Waals surface area contributed by atoms with Crippen molar-refractivity contribution in [2.45, 2.75) is 0 Å². The van der Waals surface area contributed by atoms with Crippen LogP contribution in [-0.4, -0.2) is 4.57 Å². The summed E-state index contributed by atoms with van der Waals surface area (Å²) in [4.78, 5) is 2.42. The van der Waals surface area contributed by atoms with Crippen molar-refractivity contribution in [2.24, 2.45) is 0 Å². The molecule has 0 spiro atoms. The van der Waals surface area contributed by atoms with E-state index >= 15 is 0 Å². The molecule has 0 saturated heterocycles. The van der Waals surface area contributed by atoms with Crippen LogP contribution in [0.2, 0.25) is 0 Å². The zero-order valence-electron chi connectivity index (χ0n) is 29.2. The molecule has 0 aliphatic carbocycles. The normalized spacial score (nSPS) is 11.7. The molecule has 4 heteroatoms. The minimum atomic E-state index is 0.859. The summed E-state index contributed by atoms with van der Waals surface area (Å²) in [7, 11) is 0. The lowest BCUT2D eigenvalue weighted by Crippen LogP contribution is -2.10. The summed E-state index contributed by atoms with van der Waals surface area (Å²) in [5, 5.41) is 6.00. The number of aromatic nitrogens is 1. The standard InChI is InChI=1S/C50H32N2OS/c1-3-14-33(15-4-1)34-28-30-37(31-29-34)51(44-25-13-23-41-40-20-8-10-27-46(40)54-49(41)44)38-19-11-16-35(32-38)39-22-12-24-43-47-42-21-7-9-26-45(42)53-50(47)52(48(39)43)36-17-5-2-6-18-36/h1-32H. The van der Waals surface area contributed by atoms with Crippen molar-refractivity contribution in [1.29, 1.82) is 0 Å². The van der Waals surface area contributed by atoms with Crippen molar-refractivity contribution in [3.8, 4) is 27.9 Å². The number of anilines is 3. The predicted molar refractivity (Wildman–Crippen MR) is 229 cm³/mol. The van der Waals surface area contributed by atoms with E-state index in [1.54, 1.807) is 0 Å². The van der Waals surface area contributed by atoms with Crippen molar-refractivity contribution < 1.29 is 4.42 Å². The van der Waals surface area contributed by atoms with Gasteiger partial charge < -0.3 is 9.32 Å². The Labute approximate surface area is 316 Å². The van der Waals surface area contributed by atoms with Gasteiger partial charge in [-0.3, -0.25) is 4.57 Å². The van der Waals surface area contributed by atoms with Gasteiger partial charge in [-0.25, -0.2) is 0 Å². The Balaban J connectivity index is 1.14. The third kappa shape index (κ3) is 4.81. The zero-order valence-corrected chi connectivity index (χ0v) is 30.0. The molecule has 0 radical (unpaired) electrons. The smallest absolute Gasteiger partial charge is 0.213 e. The van der Waals surface area contributed by atoms with Crippen LogP contribution < -0.4 is 4.90 Å². The topological polar surface area (TPSA) is 21.3 Å². The highest BCUT2D eigenvalue weighted by atomic mass is 32.1. The number of thiophene rings is 1. The second kappa shape index (κ2) is 12.4. The molecule has 8 aromatic carbocycles. The van der Waals surface area contributed by atoms with Crippen LogP contribution >= 0.6 is 11.3 Å². The first-order valence-electron chi connectivity index (χ1n) is 18.3. The lowest BCUT2D eigenvalue weighted by Gasteiger charge is -2.27. The molecule has 54 heavy (non-hydrogen) atoms. The van der Waals surface area contributed by atoms with Crippen molar-refractivity contribution >= 4 is 81.5 Å². The lowest BCUT2D eigenvalue weighted by molar-refractivity contribution is 0.645. The quantitative estimate of drug-likeness (QED) is 0.171. The van der Waals surface area contributed by atoms with E-state index in [-0.39, 0.29) is 0 Å². The number of nitrogens with zero attached hydrogens (tertiary/aromatic N) is 2. The molecule has 254 valence electrons. The van der Waals surface area contributed by atoms with Gasteiger partial charge in [0.2, 0.25) is 5.71 Å². The molecule has 0 fully saturated rings. The molecule has 3 heterocycles. The third-order valence-corrected chi connectivity index (χ3v) is 11.8. The molecule has 11 aromatic rings. The van der Waals surface area contributed by atoms with Gasteiger partial charge in [0.05, 0.1) is 21.3 Å². The van der Waals surface area contributed by atoms with Gasteiger partial charge >= 0.3 is 0 Å². The molecule has 3 nitrogen and oxygen atoms in total. The van der Waals surface area contributed by atoms with Crippen LogP contribution in [0.15, 0.2) is 199 Å². The maximum absolute atomic E-state index is 6.65. The molecule has 3 aromatic heterocycles. The van der Waals surface area contributed by atoms with Gasteiger partial charge in [0.15, 0.2) is 0 Å². The minimum absolute atomic E-state index is 0.859. The van der Waals surface area contributed by atoms with E-state index < -0.39 is 0 Å². The first-order valence-corrected chi connectivity index (χ1v) is 19.1. The molecule has 0 bridgehead atoms. The summed E-state index contributed by atoms with van der Waals surface area (Å²) < 4.78 is 11.5. The Morgan fingerprint density at radius 3 is 1.96 bits per heavy atom. The van der Waals surface area contributed by atoms with Gasteiger partial charge in [-0.05, 0) is 71.3 Å². The van der Waals surface area contributed by atoms with Crippen molar-refractivity contribution in [3.05, 3.63) is 194 Å². The van der Waals surface area contributed by atoms with E-state index in [0.29, 0.717) is 0 Å². The van der Waals surface area contributed by atoms with Gasteiger partial charge in [-0.2, -0.15) is 0 Å². The van der Waals surface area contributed by atoms with Gasteiger partial charge in [-0.1, -0.05) is 140 Å². The summed E-state index contributed by atoms with van der Waals surface area (Å²) >= 11 is 1.86. The van der Waals surface area contributed by atoms with Gasteiger partial charge in [-0.15, -0.1) is 11.3 Å². The first-order chi connectivity index (χ1) is 26.8. The fraction of sp³-hybridized carbons (Fsp3) is 0. The molecule has 0 N–H and O–H groups in total. The highest BCUT2D eigenvalue weighted by molar-refractivity contribution is 7.26. The Hall–Kier alpha value is -6.88. The highest BCUT2D eigenvalue weighted by Gasteiger charge is 2.23. The van der Waals surface area contributed by atoms with Crippen molar-refractivity contribution in [2.75, 3.05) is 4.90 Å². The van der Waals surface area contributed by atoms with E-state index in [1.165, 1.54) is 36.7 Å². The van der Waals surface area contributed by atoms with E-state index in [4.69, 9.17) is 4.42 Å². The third-order valence-electron chi connectivity index (χ3n) is 10.6. The van der Waals surface area contributed by atoms with Crippen LogP contribution in [0.1, 0.15) is 0 Å². The van der Waals surface area contributed by atoms with Crippen LogP contribution in [0.4, 0.5) is 17.1 Å². The molecular formula is C50H32N2OS. The lowest BCUT2D eigenvalue weighted by atomic mass is 10.00. The number of fused-ring (bicyclic) bond motifs is 8. The van der Waals surface area contributed by atoms with Crippen LogP contribution in [0.25, 0.3) is 81.1 Å². The average Bonchev–Trinajstić information content (AvgIpc) is 3.91. The van der Waals surface area contributed by atoms with Crippen LogP contribution in [0.3, 0.4) is 0 Å². The second-order valence-corrected chi connectivity index (χ2v) is 14.8. The Kier molecular flexibility index (Phi) is 7.04. The largest absolute Gasteiger partial charge is 0.439 e. The Bertz CT molecular complexity index is 3150. The fourth-order valence-electron chi connectivity index (χ4n) is 8.18. The Morgan fingerprint density at radius 2 is 1.11 bits per heavy atom. The van der Waals surface area contributed by atoms with Crippen molar-refractivity contribution in [1.82, 2.24) is 4.57 Å². The summed E-state index contributed by atoms with van der Waals surface area (Å²) in [6.07, 6.45) is 0. The van der Waals surface area contributed by atoms with E-state index in [2.05, 4.69) is 198 Å². The predicted octanol–water partition coefficient (Wildman–Crippen LogP) is 14.7. The van der Waals surface area contributed by atoms with E-state index in [1.807, 2.05) is 17.4 Å². The minimum Gasteiger partial charge on any atom is -0.439 e. The number of hydrogen-bond donors (Lipinski definition) is 0. The average molecular weight is 709 g/mol.